The summed E-state index contributed by atoms with van der Waals surface area (Å²) in [6, 6.07) is 2.42. The van der Waals surface area contributed by atoms with Gasteiger partial charge in [-0.2, -0.15) is 8.42 Å². The molecule has 0 aliphatic carbocycles. The fraction of sp³-hybridized carbons (Fsp3) is 0.500. The van der Waals surface area contributed by atoms with Crippen molar-refractivity contribution >= 4 is 57.2 Å². The van der Waals surface area contributed by atoms with E-state index in [1.54, 1.807) is 38.1 Å². The van der Waals surface area contributed by atoms with E-state index < -0.39 is 81.3 Å². The standard InChI is InChI=1S/C30H41N5O11S/c1-18(2)27(30(42)31-19(3)28(40)32-22-11-9-21(10-12-22)16-46-20(4)36)34-29(41)23(17-47(43,44)45)33-24(37)8-6-5-7-15-35-25(38)13-14-26(35)39/h9-14,18-19,23,27H,5-8,15-17H2,1-4H3,(H,31,42)(H,32,40)(H,33,37)(H,34,41)(H,43,44,45)/t19-,23-,27-/m0/s1. The Hall–Kier alpha value is -4.64. The van der Waals surface area contributed by atoms with Gasteiger partial charge < -0.3 is 26.0 Å². The molecule has 0 aromatic heterocycles. The highest BCUT2D eigenvalue weighted by Crippen LogP contribution is 2.12. The van der Waals surface area contributed by atoms with E-state index in [0.29, 0.717) is 30.5 Å². The predicted molar refractivity (Wildman–Crippen MR) is 168 cm³/mol. The van der Waals surface area contributed by atoms with E-state index in [1.165, 1.54) is 26.0 Å². The van der Waals surface area contributed by atoms with E-state index in [9.17, 15) is 46.5 Å². The molecule has 0 unspecified atom stereocenters. The number of amides is 6. The lowest BCUT2D eigenvalue weighted by Crippen LogP contribution is -2.58. The molecule has 0 spiro atoms. The molecule has 2 rings (SSSR count). The molecule has 0 fully saturated rings. The summed E-state index contributed by atoms with van der Waals surface area (Å²) in [4.78, 5) is 86.6. The van der Waals surface area contributed by atoms with Crippen molar-refractivity contribution in [3.8, 4) is 0 Å². The summed E-state index contributed by atoms with van der Waals surface area (Å²) in [7, 11) is -4.74. The summed E-state index contributed by atoms with van der Waals surface area (Å²) in [6.07, 6.45) is 3.38. The number of rotatable bonds is 18. The summed E-state index contributed by atoms with van der Waals surface area (Å²) in [5.74, 6) is -6.03. The molecule has 1 heterocycles. The number of carbonyl (C=O) groups is 7. The number of anilines is 1. The Labute approximate surface area is 272 Å². The number of benzene rings is 1. The molecule has 0 saturated carbocycles. The van der Waals surface area contributed by atoms with Crippen molar-refractivity contribution in [1.29, 1.82) is 0 Å². The van der Waals surface area contributed by atoms with Gasteiger partial charge in [0.15, 0.2) is 0 Å². The van der Waals surface area contributed by atoms with Gasteiger partial charge >= 0.3 is 5.97 Å². The van der Waals surface area contributed by atoms with Crippen LogP contribution in [0.5, 0.6) is 0 Å². The largest absolute Gasteiger partial charge is 0.461 e. The van der Waals surface area contributed by atoms with E-state index in [-0.39, 0.29) is 19.6 Å². The number of unbranched alkanes of at least 4 members (excludes halogenated alkanes) is 2. The maximum absolute atomic E-state index is 13.1. The van der Waals surface area contributed by atoms with Crippen molar-refractivity contribution in [1.82, 2.24) is 20.9 Å². The molecule has 1 aromatic carbocycles. The van der Waals surface area contributed by atoms with Gasteiger partial charge in [0.25, 0.3) is 21.9 Å². The zero-order valence-electron chi connectivity index (χ0n) is 26.6. The normalized spacial score (nSPS) is 14.7. The molecule has 0 bridgehead atoms. The fourth-order valence-electron chi connectivity index (χ4n) is 4.32. The molecule has 0 saturated heterocycles. The molecular weight excluding hydrogens is 638 g/mol. The molecule has 0 radical (unpaired) electrons. The van der Waals surface area contributed by atoms with Gasteiger partial charge in [0.2, 0.25) is 23.6 Å². The minimum Gasteiger partial charge on any atom is -0.461 e. The summed E-state index contributed by atoms with van der Waals surface area (Å²) in [5.41, 5.74) is 1.11. The molecular formula is C30H41N5O11S. The first-order valence-electron chi connectivity index (χ1n) is 14.9. The van der Waals surface area contributed by atoms with Crippen molar-refractivity contribution in [3.05, 3.63) is 42.0 Å². The van der Waals surface area contributed by atoms with Gasteiger partial charge in [0, 0.05) is 37.7 Å². The third-order valence-electron chi connectivity index (χ3n) is 6.88. The van der Waals surface area contributed by atoms with Gasteiger partial charge in [-0.3, -0.25) is 43.0 Å². The SMILES string of the molecule is CC(=O)OCc1ccc(NC(=O)[C@H](C)NC(=O)[C@@H](NC(=O)[C@H](CS(=O)(=O)O)NC(=O)CCCCCN2C(=O)C=CC2=O)C(C)C)cc1. The van der Waals surface area contributed by atoms with Crippen LogP contribution in [0.3, 0.4) is 0 Å². The Bertz CT molecular complexity index is 1460. The summed E-state index contributed by atoms with van der Waals surface area (Å²) < 4.78 is 37.6. The van der Waals surface area contributed by atoms with Crippen molar-refractivity contribution < 1.29 is 51.3 Å². The molecule has 5 N–H and O–H groups in total. The second-order valence-electron chi connectivity index (χ2n) is 11.3. The second-order valence-corrected chi connectivity index (χ2v) is 12.8. The average molecular weight is 680 g/mol. The highest BCUT2D eigenvalue weighted by atomic mass is 32.2. The van der Waals surface area contributed by atoms with Gasteiger partial charge in [-0.1, -0.05) is 32.4 Å². The zero-order valence-corrected chi connectivity index (χ0v) is 27.4. The van der Waals surface area contributed by atoms with Crippen LogP contribution in [0.2, 0.25) is 0 Å². The number of hydrogen-bond acceptors (Lipinski definition) is 10. The van der Waals surface area contributed by atoms with E-state index in [0.717, 1.165) is 4.90 Å². The number of carbonyl (C=O) groups excluding carboxylic acids is 7. The Kier molecular flexibility index (Phi) is 14.7. The maximum atomic E-state index is 13.1. The smallest absolute Gasteiger partial charge is 0.302 e. The highest BCUT2D eigenvalue weighted by Gasteiger charge is 2.32. The quantitative estimate of drug-likeness (QED) is 0.0608. The third-order valence-corrected chi connectivity index (χ3v) is 7.63. The molecule has 1 aliphatic rings. The van der Waals surface area contributed by atoms with Crippen LogP contribution >= 0.6 is 0 Å². The monoisotopic (exact) mass is 679 g/mol. The predicted octanol–water partition coefficient (Wildman–Crippen LogP) is 0.192. The molecule has 17 heteroatoms. The first-order chi connectivity index (χ1) is 22.0. The van der Waals surface area contributed by atoms with Crippen molar-refractivity contribution in [2.45, 2.75) is 78.1 Å². The lowest BCUT2D eigenvalue weighted by molar-refractivity contribution is -0.142. The van der Waals surface area contributed by atoms with Gasteiger partial charge in [0.05, 0.1) is 0 Å². The summed E-state index contributed by atoms with van der Waals surface area (Å²) in [6.45, 7) is 6.14. The lowest BCUT2D eigenvalue weighted by atomic mass is 10.0. The fourth-order valence-corrected chi connectivity index (χ4v) is 4.98. The lowest BCUT2D eigenvalue weighted by Gasteiger charge is -2.26. The molecule has 16 nitrogen and oxygen atoms in total. The molecule has 47 heavy (non-hydrogen) atoms. The Morgan fingerprint density at radius 2 is 1.47 bits per heavy atom. The van der Waals surface area contributed by atoms with Gasteiger partial charge in [-0.15, -0.1) is 0 Å². The number of imide groups is 1. The van der Waals surface area contributed by atoms with Crippen LogP contribution in [0.15, 0.2) is 36.4 Å². The summed E-state index contributed by atoms with van der Waals surface area (Å²) >= 11 is 0. The Balaban J connectivity index is 1.93. The van der Waals surface area contributed by atoms with Crippen LogP contribution in [-0.4, -0.2) is 89.7 Å². The Morgan fingerprint density at radius 3 is 2.02 bits per heavy atom. The van der Waals surface area contributed by atoms with E-state index >= 15 is 0 Å². The van der Waals surface area contributed by atoms with Crippen molar-refractivity contribution in [3.63, 3.8) is 0 Å². The van der Waals surface area contributed by atoms with Crippen LogP contribution in [0.1, 0.15) is 58.9 Å². The zero-order chi connectivity index (χ0) is 35.3. The van der Waals surface area contributed by atoms with Crippen molar-refractivity contribution in [2.24, 2.45) is 5.92 Å². The van der Waals surface area contributed by atoms with E-state index in [2.05, 4.69) is 21.3 Å². The first kappa shape index (κ1) is 38.5. The highest BCUT2D eigenvalue weighted by molar-refractivity contribution is 7.85. The van der Waals surface area contributed by atoms with Crippen molar-refractivity contribution in [2.75, 3.05) is 17.6 Å². The number of esters is 1. The molecule has 3 atom stereocenters. The van der Waals surface area contributed by atoms with Crippen LogP contribution < -0.4 is 21.3 Å². The van der Waals surface area contributed by atoms with Crippen LogP contribution in [0, 0.1) is 5.92 Å². The third kappa shape index (κ3) is 13.7. The van der Waals surface area contributed by atoms with Gasteiger partial charge in [0.1, 0.15) is 30.5 Å². The van der Waals surface area contributed by atoms with Crippen LogP contribution in [-0.2, 0) is 55.0 Å². The van der Waals surface area contributed by atoms with Gasteiger partial charge in [-0.05, 0) is 43.4 Å². The Morgan fingerprint density at radius 1 is 0.851 bits per heavy atom. The number of hydrogen-bond donors (Lipinski definition) is 5. The first-order valence-corrected chi connectivity index (χ1v) is 16.5. The number of nitrogens with one attached hydrogen (secondary N) is 4. The maximum Gasteiger partial charge on any atom is 0.302 e. The molecule has 1 aromatic rings. The minimum atomic E-state index is -4.74. The van der Waals surface area contributed by atoms with Crippen LogP contribution in [0.4, 0.5) is 5.69 Å². The van der Waals surface area contributed by atoms with Crippen LogP contribution in [0.25, 0.3) is 0 Å². The average Bonchev–Trinajstić information content (AvgIpc) is 3.30. The summed E-state index contributed by atoms with van der Waals surface area (Å²) in [5, 5.41) is 9.79. The number of ether oxygens (including phenoxy) is 1. The second kappa shape index (κ2) is 17.9. The minimum absolute atomic E-state index is 0.0679. The number of nitrogens with zero attached hydrogens (tertiary/aromatic N) is 1. The molecule has 1 aliphatic heterocycles. The van der Waals surface area contributed by atoms with E-state index in [4.69, 9.17) is 4.74 Å². The topological polar surface area (TPSA) is 234 Å². The molecule has 258 valence electrons. The van der Waals surface area contributed by atoms with Gasteiger partial charge in [-0.25, -0.2) is 0 Å². The van der Waals surface area contributed by atoms with E-state index in [1.807, 2.05) is 0 Å². The molecule has 6 amide bonds.